The second kappa shape index (κ2) is 7.66. The van der Waals surface area contributed by atoms with Gasteiger partial charge in [-0.15, -0.1) is 0 Å². The van der Waals surface area contributed by atoms with Crippen LogP contribution in [0.4, 0.5) is 8.78 Å². The molecule has 0 fully saturated rings. The Bertz CT molecular complexity index is 947. The number of hydrogen-bond donors (Lipinski definition) is 2. The first-order valence-electron chi connectivity index (χ1n) is 8.68. The van der Waals surface area contributed by atoms with E-state index in [9.17, 15) is 8.78 Å². The standard InChI is InChI=1S/C22H21F2N3/c1-15-8-6-12-18(16-9-4-3-5-10-16)20(15)21(25)26-14-17-11-7-13-19(27-17)22(2,23)24/h3-13H,14H2,1-2H3,(H2,25,26). The molecule has 27 heavy (non-hydrogen) atoms. The van der Waals surface area contributed by atoms with Crippen molar-refractivity contribution in [3.05, 3.63) is 89.2 Å². The van der Waals surface area contributed by atoms with E-state index in [4.69, 9.17) is 5.41 Å². The zero-order chi connectivity index (χ0) is 19.4. The topological polar surface area (TPSA) is 48.8 Å². The summed E-state index contributed by atoms with van der Waals surface area (Å²) in [4.78, 5) is 4.00. The van der Waals surface area contributed by atoms with E-state index in [2.05, 4.69) is 10.3 Å². The lowest BCUT2D eigenvalue weighted by Crippen LogP contribution is -2.25. The van der Waals surface area contributed by atoms with Crippen LogP contribution >= 0.6 is 0 Å². The number of pyridine rings is 1. The lowest BCUT2D eigenvalue weighted by molar-refractivity contribution is 0.0125. The van der Waals surface area contributed by atoms with Crippen LogP contribution in [0.2, 0.25) is 0 Å². The fourth-order valence-corrected chi connectivity index (χ4v) is 2.95. The highest BCUT2D eigenvalue weighted by molar-refractivity contribution is 6.03. The molecule has 0 aliphatic heterocycles. The Morgan fingerprint density at radius 1 is 1.00 bits per heavy atom. The number of amidine groups is 1. The first-order chi connectivity index (χ1) is 12.9. The van der Waals surface area contributed by atoms with E-state index in [0.29, 0.717) is 5.69 Å². The number of halogens is 2. The Kier molecular flexibility index (Phi) is 5.31. The van der Waals surface area contributed by atoms with Gasteiger partial charge in [0.25, 0.3) is 5.92 Å². The molecule has 3 nitrogen and oxygen atoms in total. The van der Waals surface area contributed by atoms with Gasteiger partial charge in [0.05, 0.1) is 12.2 Å². The van der Waals surface area contributed by atoms with Crippen LogP contribution in [0.1, 0.15) is 29.4 Å². The minimum atomic E-state index is -2.99. The van der Waals surface area contributed by atoms with Crippen LogP contribution in [0.5, 0.6) is 0 Å². The maximum absolute atomic E-state index is 13.5. The summed E-state index contributed by atoms with van der Waals surface area (Å²) in [6.07, 6.45) is 0. The largest absolute Gasteiger partial charge is 0.364 e. The lowest BCUT2D eigenvalue weighted by atomic mass is 9.95. The minimum Gasteiger partial charge on any atom is -0.364 e. The van der Waals surface area contributed by atoms with E-state index in [0.717, 1.165) is 29.2 Å². The number of nitrogens with zero attached hydrogens (tertiary/aromatic N) is 1. The van der Waals surface area contributed by atoms with Crippen molar-refractivity contribution >= 4 is 5.84 Å². The van der Waals surface area contributed by atoms with Crippen LogP contribution in [-0.4, -0.2) is 10.8 Å². The molecule has 0 saturated heterocycles. The molecule has 1 heterocycles. The Morgan fingerprint density at radius 3 is 2.41 bits per heavy atom. The second-order valence-electron chi connectivity index (χ2n) is 6.49. The normalized spacial score (nSPS) is 11.3. The molecule has 5 heteroatoms. The van der Waals surface area contributed by atoms with Gasteiger partial charge in [0.15, 0.2) is 0 Å². The van der Waals surface area contributed by atoms with Crippen molar-refractivity contribution < 1.29 is 8.78 Å². The van der Waals surface area contributed by atoms with Gasteiger partial charge in [-0.3, -0.25) is 5.41 Å². The Morgan fingerprint density at radius 2 is 1.70 bits per heavy atom. The van der Waals surface area contributed by atoms with Gasteiger partial charge in [0.1, 0.15) is 11.5 Å². The summed E-state index contributed by atoms with van der Waals surface area (Å²) in [7, 11) is 0. The first kappa shape index (κ1) is 18.7. The molecule has 0 bridgehead atoms. The third kappa shape index (κ3) is 4.37. The molecule has 2 aromatic carbocycles. The van der Waals surface area contributed by atoms with Crippen molar-refractivity contribution in [3.63, 3.8) is 0 Å². The molecule has 3 rings (SSSR count). The zero-order valence-electron chi connectivity index (χ0n) is 15.3. The van der Waals surface area contributed by atoms with Crippen molar-refractivity contribution in [2.24, 2.45) is 0 Å². The molecule has 0 saturated carbocycles. The number of aryl methyl sites for hydroxylation is 1. The summed E-state index contributed by atoms with van der Waals surface area (Å²) in [5.74, 6) is -2.75. The first-order valence-corrected chi connectivity index (χ1v) is 8.68. The number of alkyl halides is 2. The molecular weight excluding hydrogens is 344 g/mol. The molecule has 0 spiro atoms. The summed E-state index contributed by atoms with van der Waals surface area (Å²) in [5, 5.41) is 11.5. The molecule has 2 N–H and O–H groups in total. The average molecular weight is 365 g/mol. The summed E-state index contributed by atoms with van der Waals surface area (Å²) in [6.45, 7) is 2.98. The van der Waals surface area contributed by atoms with Gasteiger partial charge >= 0.3 is 0 Å². The van der Waals surface area contributed by atoms with Crippen LogP contribution in [0.3, 0.4) is 0 Å². The number of aromatic nitrogens is 1. The Hall–Kier alpha value is -3.08. The van der Waals surface area contributed by atoms with E-state index >= 15 is 0 Å². The highest BCUT2D eigenvalue weighted by Crippen LogP contribution is 2.27. The molecular formula is C22H21F2N3. The minimum absolute atomic E-state index is 0.200. The molecule has 0 atom stereocenters. The SMILES string of the molecule is Cc1cccc(-c2ccccc2)c1C(=N)NCc1cccc(C(C)(F)F)n1. The van der Waals surface area contributed by atoms with Gasteiger partial charge in [-0.2, -0.15) is 8.78 Å². The molecule has 0 aliphatic carbocycles. The van der Waals surface area contributed by atoms with E-state index in [1.54, 1.807) is 12.1 Å². The number of nitrogens with one attached hydrogen (secondary N) is 2. The number of benzene rings is 2. The van der Waals surface area contributed by atoms with Crippen LogP contribution in [0.25, 0.3) is 11.1 Å². The summed E-state index contributed by atoms with van der Waals surface area (Å²) in [5.41, 5.74) is 3.93. The average Bonchev–Trinajstić information content (AvgIpc) is 2.66. The van der Waals surface area contributed by atoms with Gasteiger partial charge in [-0.1, -0.05) is 54.6 Å². The smallest absolute Gasteiger partial charge is 0.286 e. The van der Waals surface area contributed by atoms with Gasteiger partial charge in [0.2, 0.25) is 0 Å². The predicted molar refractivity (Wildman–Crippen MR) is 104 cm³/mol. The summed E-state index contributed by atoms with van der Waals surface area (Å²) in [6, 6.07) is 20.3. The van der Waals surface area contributed by atoms with Gasteiger partial charge in [-0.05, 0) is 35.7 Å². The van der Waals surface area contributed by atoms with E-state index in [1.165, 1.54) is 6.07 Å². The summed E-state index contributed by atoms with van der Waals surface area (Å²) < 4.78 is 26.9. The molecule has 0 unspecified atom stereocenters. The maximum atomic E-state index is 13.5. The predicted octanol–water partition coefficient (Wildman–Crippen LogP) is 5.28. The number of rotatable bonds is 5. The molecule has 1 aromatic heterocycles. The monoisotopic (exact) mass is 365 g/mol. The quantitative estimate of drug-likeness (QED) is 0.477. The van der Waals surface area contributed by atoms with Crippen molar-refractivity contribution in [1.82, 2.24) is 10.3 Å². The van der Waals surface area contributed by atoms with Crippen LogP contribution in [0, 0.1) is 12.3 Å². The van der Waals surface area contributed by atoms with E-state index in [1.807, 2.05) is 55.5 Å². The molecule has 3 aromatic rings. The summed E-state index contributed by atoms with van der Waals surface area (Å²) >= 11 is 0. The van der Waals surface area contributed by atoms with Crippen LogP contribution in [0.15, 0.2) is 66.7 Å². The third-order valence-corrected chi connectivity index (χ3v) is 4.31. The van der Waals surface area contributed by atoms with Gasteiger partial charge in [0, 0.05) is 12.5 Å². The van der Waals surface area contributed by atoms with E-state index in [-0.39, 0.29) is 18.1 Å². The van der Waals surface area contributed by atoms with E-state index < -0.39 is 5.92 Å². The highest BCUT2D eigenvalue weighted by Gasteiger charge is 2.26. The van der Waals surface area contributed by atoms with Gasteiger partial charge < -0.3 is 5.32 Å². The fourth-order valence-electron chi connectivity index (χ4n) is 2.95. The van der Waals surface area contributed by atoms with Crippen molar-refractivity contribution in [3.8, 4) is 11.1 Å². The molecule has 0 radical (unpaired) electrons. The van der Waals surface area contributed by atoms with Crippen molar-refractivity contribution in [2.75, 3.05) is 0 Å². The third-order valence-electron chi connectivity index (χ3n) is 4.31. The van der Waals surface area contributed by atoms with Crippen LogP contribution in [-0.2, 0) is 12.5 Å². The fraction of sp³-hybridized carbons (Fsp3) is 0.182. The van der Waals surface area contributed by atoms with Gasteiger partial charge in [-0.25, -0.2) is 4.98 Å². The lowest BCUT2D eigenvalue weighted by Gasteiger charge is -2.16. The maximum Gasteiger partial charge on any atom is 0.286 e. The van der Waals surface area contributed by atoms with Crippen molar-refractivity contribution in [2.45, 2.75) is 26.3 Å². The highest BCUT2D eigenvalue weighted by atomic mass is 19.3. The number of hydrogen-bond acceptors (Lipinski definition) is 2. The molecule has 0 amide bonds. The second-order valence-corrected chi connectivity index (χ2v) is 6.49. The molecule has 0 aliphatic rings. The van der Waals surface area contributed by atoms with Crippen molar-refractivity contribution in [1.29, 1.82) is 5.41 Å². The Labute approximate surface area is 157 Å². The molecule has 138 valence electrons. The zero-order valence-corrected chi connectivity index (χ0v) is 15.3. The van der Waals surface area contributed by atoms with Crippen LogP contribution < -0.4 is 5.32 Å². The Balaban J connectivity index is 1.84.